The molecule has 0 nitrogen and oxygen atoms in total. The van der Waals surface area contributed by atoms with Crippen LogP contribution in [0.15, 0.2) is 218 Å². The van der Waals surface area contributed by atoms with E-state index in [1.807, 2.05) is 0 Å². The van der Waals surface area contributed by atoms with E-state index in [1.165, 1.54) is 141 Å². The van der Waals surface area contributed by atoms with Crippen molar-refractivity contribution in [2.24, 2.45) is 0 Å². The molecule has 14 aromatic carbocycles. The molecule has 0 N–H and O–H groups in total. The van der Waals surface area contributed by atoms with Gasteiger partial charge in [0, 0.05) is 0 Å². The minimum atomic E-state index is 1.23. The summed E-state index contributed by atoms with van der Waals surface area (Å²) in [4.78, 5) is 0. The van der Waals surface area contributed by atoms with E-state index in [-0.39, 0.29) is 0 Å². The van der Waals surface area contributed by atoms with Gasteiger partial charge in [-0.1, -0.05) is 212 Å². The molecule has 0 bridgehead atoms. The van der Waals surface area contributed by atoms with E-state index in [2.05, 4.69) is 218 Å². The summed E-state index contributed by atoms with van der Waals surface area (Å²) < 4.78 is 0. The molecule has 0 saturated carbocycles. The van der Waals surface area contributed by atoms with Crippen LogP contribution in [0.5, 0.6) is 0 Å². The molecule has 0 heterocycles. The van der Waals surface area contributed by atoms with Crippen LogP contribution in [-0.2, 0) is 0 Å². The largest absolute Gasteiger partial charge is 0.0616 e. The minimum Gasteiger partial charge on any atom is -0.0616 e. The molecular formula is C62H36. The molecule has 14 rings (SSSR count). The van der Waals surface area contributed by atoms with E-state index in [4.69, 9.17) is 0 Å². The Bertz CT molecular complexity index is 4110. The Hall–Kier alpha value is -8.06. The lowest BCUT2D eigenvalue weighted by molar-refractivity contribution is 1.63. The number of rotatable bonds is 4. The average molecular weight is 781 g/mol. The van der Waals surface area contributed by atoms with Gasteiger partial charge in [-0.25, -0.2) is 0 Å². The lowest BCUT2D eigenvalue weighted by Gasteiger charge is -2.23. The van der Waals surface area contributed by atoms with Crippen molar-refractivity contribution in [3.8, 4) is 44.5 Å². The molecule has 0 radical (unpaired) electrons. The Labute approximate surface area is 358 Å². The number of hydrogen-bond acceptors (Lipinski definition) is 0. The second kappa shape index (κ2) is 12.7. The van der Waals surface area contributed by atoms with Crippen LogP contribution in [0.25, 0.3) is 141 Å². The topological polar surface area (TPSA) is 0 Å². The molecule has 0 aliphatic carbocycles. The van der Waals surface area contributed by atoms with E-state index in [1.54, 1.807) is 0 Å². The van der Waals surface area contributed by atoms with Crippen molar-refractivity contribution in [2.75, 3.05) is 0 Å². The van der Waals surface area contributed by atoms with Gasteiger partial charge in [-0.15, -0.1) is 0 Å². The molecule has 62 heavy (non-hydrogen) atoms. The van der Waals surface area contributed by atoms with Gasteiger partial charge in [0.15, 0.2) is 0 Å². The summed E-state index contributed by atoms with van der Waals surface area (Å²) >= 11 is 0. The summed E-state index contributed by atoms with van der Waals surface area (Å²) in [7, 11) is 0. The molecule has 0 aromatic heterocycles. The third-order valence-electron chi connectivity index (χ3n) is 13.9. The second-order valence-corrected chi connectivity index (χ2v) is 17.1. The fraction of sp³-hybridized carbons (Fsp3) is 0. The molecule has 0 unspecified atom stereocenters. The summed E-state index contributed by atoms with van der Waals surface area (Å²) in [5.41, 5.74) is 9.99. The molecule has 0 amide bonds. The lowest BCUT2D eigenvalue weighted by atomic mass is 9.80. The van der Waals surface area contributed by atoms with Crippen molar-refractivity contribution >= 4 is 97.0 Å². The second-order valence-electron chi connectivity index (χ2n) is 17.1. The van der Waals surface area contributed by atoms with E-state index in [0.29, 0.717) is 0 Å². The highest BCUT2D eigenvalue weighted by Gasteiger charge is 2.24. The maximum absolute atomic E-state index is 2.53. The van der Waals surface area contributed by atoms with Gasteiger partial charge in [0.1, 0.15) is 0 Å². The first-order valence-electron chi connectivity index (χ1n) is 21.7. The summed E-state index contributed by atoms with van der Waals surface area (Å²) in [6, 6.07) is 82.3. The standard InChI is InChI=1S/C62H36/c1-3-17-45-37(10-1)12-9-21-47(45)56-36-55(48-19-5-6-20-49(48)62(56)53-35-30-44-25-23-40-14-8-16-42-28-33-51(53)60(44)58(40)42)54-31-26-38-11-2-4-18-46(38)61(54)52-34-29-43-24-22-39-13-7-15-41-27-32-50(52)59(43)57(39)41/h1-36H. The van der Waals surface area contributed by atoms with Crippen LogP contribution in [0.4, 0.5) is 0 Å². The number of benzene rings is 14. The Morgan fingerprint density at radius 1 is 0.161 bits per heavy atom. The third kappa shape index (κ3) is 4.67. The Kier molecular flexibility index (Phi) is 6.92. The van der Waals surface area contributed by atoms with Gasteiger partial charge in [0.2, 0.25) is 0 Å². The highest BCUT2D eigenvalue weighted by atomic mass is 14.3. The van der Waals surface area contributed by atoms with Crippen molar-refractivity contribution in [3.63, 3.8) is 0 Å². The zero-order valence-electron chi connectivity index (χ0n) is 33.8. The van der Waals surface area contributed by atoms with Gasteiger partial charge >= 0.3 is 0 Å². The SMILES string of the molecule is c1ccc2c(-c3cc(-c4ccc5ccccc5c4-c4ccc5ccc6cccc7ccc4c5c67)c4ccccc4c3-c3ccc4ccc5cccc6ccc3c4c56)cccc2c1. The van der Waals surface area contributed by atoms with E-state index in [0.717, 1.165) is 0 Å². The van der Waals surface area contributed by atoms with Gasteiger partial charge in [-0.3, -0.25) is 0 Å². The quantitative estimate of drug-likeness (QED) is 0.156. The van der Waals surface area contributed by atoms with Gasteiger partial charge in [0.05, 0.1) is 0 Å². The molecule has 14 aromatic rings. The fourth-order valence-corrected chi connectivity index (χ4v) is 11.3. The van der Waals surface area contributed by atoms with E-state index < -0.39 is 0 Å². The van der Waals surface area contributed by atoms with Crippen LogP contribution < -0.4 is 0 Å². The van der Waals surface area contributed by atoms with Crippen molar-refractivity contribution in [3.05, 3.63) is 218 Å². The smallest absolute Gasteiger partial charge is 0.00199 e. The molecule has 0 atom stereocenters. The summed E-state index contributed by atoms with van der Waals surface area (Å²) in [6.45, 7) is 0. The maximum Gasteiger partial charge on any atom is -0.00199 e. The molecular weight excluding hydrogens is 745 g/mol. The predicted octanol–water partition coefficient (Wildman–Crippen LogP) is 17.6. The normalized spacial score (nSPS) is 12.2. The van der Waals surface area contributed by atoms with Crippen LogP contribution in [0, 0.1) is 0 Å². The first-order valence-corrected chi connectivity index (χ1v) is 21.7. The first kappa shape index (κ1) is 33.7. The van der Waals surface area contributed by atoms with Crippen LogP contribution in [-0.4, -0.2) is 0 Å². The molecule has 0 fully saturated rings. The fourth-order valence-electron chi connectivity index (χ4n) is 11.3. The van der Waals surface area contributed by atoms with Crippen LogP contribution in [0.1, 0.15) is 0 Å². The molecule has 0 spiro atoms. The highest BCUT2D eigenvalue weighted by Crippen LogP contribution is 2.51. The molecule has 0 saturated heterocycles. The number of fused-ring (bicyclic) bond motifs is 3. The van der Waals surface area contributed by atoms with E-state index in [9.17, 15) is 0 Å². The number of hydrogen-bond donors (Lipinski definition) is 0. The van der Waals surface area contributed by atoms with Gasteiger partial charge < -0.3 is 0 Å². The summed E-state index contributed by atoms with van der Waals surface area (Å²) in [6.07, 6.45) is 0. The van der Waals surface area contributed by atoms with Crippen LogP contribution in [0.2, 0.25) is 0 Å². The Morgan fingerprint density at radius 2 is 0.548 bits per heavy atom. The van der Waals surface area contributed by atoms with E-state index >= 15 is 0 Å². The summed E-state index contributed by atoms with van der Waals surface area (Å²) in [5.74, 6) is 0. The van der Waals surface area contributed by atoms with Crippen molar-refractivity contribution in [1.29, 1.82) is 0 Å². The van der Waals surface area contributed by atoms with Crippen LogP contribution >= 0.6 is 0 Å². The first-order chi connectivity index (χ1) is 30.8. The summed E-state index contributed by atoms with van der Waals surface area (Å²) in [5, 5.41) is 23.1. The predicted molar refractivity (Wildman–Crippen MR) is 268 cm³/mol. The van der Waals surface area contributed by atoms with Gasteiger partial charge in [0.25, 0.3) is 0 Å². The average Bonchev–Trinajstić information content (AvgIpc) is 3.34. The third-order valence-corrected chi connectivity index (χ3v) is 13.9. The minimum absolute atomic E-state index is 1.23. The van der Waals surface area contributed by atoms with Crippen molar-refractivity contribution in [1.82, 2.24) is 0 Å². The Balaban J connectivity index is 1.14. The Morgan fingerprint density at radius 3 is 1.16 bits per heavy atom. The lowest BCUT2D eigenvalue weighted by Crippen LogP contribution is -1.96. The monoisotopic (exact) mass is 780 g/mol. The zero-order chi connectivity index (χ0) is 40.5. The van der Waals surface area contributed by atoms with Gasteiger partial charge in [-0.2, -0.15) is 0 Å². The molecule has 0 heteroatoms. The molecule has 284 valence electrons. The van der Waals surface area contributed by atoms with Gasteiger partial charge in [-0.05, 0) is 148 Å². The molecule has 0 aliphatic rings. The maximum atomic E-state index is 2.53. The zero-order valence-corrected chi connectivity index (χ0v) is 33.8. The van der Waals surface area contributed by atoms with Crippen molar-refractivity contribution in [2.45, 2.75) is 0 Å². The molecule has 0 aliphatic heterocycles. The van der Waals surface area contributed by atoms with Crippen molar-refractivity contribution < 1.29 is 0 Å². The van der Waals surface area contributed by atoms with Crippen LogP contribution in [0.3, 0.4) is 0 Å². The highest BCUT2D eigenvalue weighted by molar-refractivity contribution is 6.29.